The Bertz CT molecular complexity index is 784. The van der Waals surface area contributed by atoms with Gasteiger partial charge in [0.05, 0.1) is 16.6 Å². The van der Waals surface area contributed by atoms with E-state index in [-0.39, 0.29) is 11.9 Å². The van der Waals surface area contributed by atoms with E-state index in [1.807, 2.05) is 27.0 Å². The number of piperidine rings is 1. The van der Waals surface area contributed by atoms with E-state index in [2.05, 4.69) is 20.3 Å². The van der Waals surface area contributed by atoms with Crippen LogP contribution < -0.4 is 5.32 Å². The van der Waals surface area contributed by atoms with Gasteiger partial charge in [-0.1, -0.05) is 0 Å². The summed E-state index contributed by atoms with van der Waals surface area (Å²) >= 11 is 0. The lowest BCUT2D eigenvalue weighted by atomic mass is 10.0. The van der Waals surface area contributed by atoms with Crippen molar-refractivity contribution in [1.82, 2.24) is 25.0 Å². The number of carbonyl (C=O) groups is 1. The van der Waals surface area contributed by atoms with Crippen LogP contribution in [0.3, 0.4) is 0 Å². The molecular formula is C18H25N5O. The summed E-state index contributed by atoms with van der Waals surface area (Å²) in [5.74, 6) is 0.00599. The summed E-state index contributed by atoms with van der Waals surface area (Å²) in [7, 11) is 1.87. The molecule has 128 valence electrons. The Labute approximate surface area is 142 Å². The number of pyridine rings is 1. The number of likely N-dealkylation sites (tertiary alicyclic amines) is 1. The van der Waals surface area contributed by atoms with Crippen LogP contribution >= 0.6 is 0 Å². The molecule has 3 heterocycles. The van der Waals surface area contributed by atoms with Crippen molar-refractivity contribution in [2.24, 2.45) is 7.05 Å². The van der Waals surface area contributed by atoms with Gasteiger partial charge < -0.3 is 10.2 Å². The van der Waals surface area contributed by atoms with E-state index in [0.29, 0.717) is 5.56 Å². The molecule has 0 unspecified atom stereocenters. The number of aryl methyl sites for hydroxylation is 3. The maximum absolute atomic E-state index is 12.9. The van der Waals surface area contributed by atoms with Gasteiger partial charge >= 0.3 is 0 Å². The molecule has 2 aromatic rings. The number of hydrogen-bond acceptors (Lipinski definition) is 4. The van der Waals surface area contributed by atoms with Gasteiger partial charge in [-0.3, -0.25) is 9.48 Å². The summed E-state index contributed by atoms with van der Waals surface area (Å²) in [5.41, 5.74) is 3.18. The molecule has 1 saturated heterocycles. The van der Waals surface area contributed by atoms with E-state index in [0.717, 1.165) is 54.4 Å². The van der Waals surface area contributed by atoms with Gasteiger partial charge in [0.1, 0.15) is 0 Å². The van der Waals surface area contributed by atoms with Crippen molar-refractivity contribution in [3.05, 3.63) is 23.0 Å². The number of amides is 1. The zero-order valence-electron chi connectivity index (χ0n) is 14.7. The van der Waals surface area contributed by atoms with Crippen LogP contribution in [-0.4, -0.2) is 50.7 Å². The first-order valence-electron chi connectivity index (χ1n) is 8.89. The van der Waals surface area contributed by atoms with Crippen molar-refractivity contribution in [2.45, 2.75) is 51.6 Å². The summed E-state index contributed by atoms with van der Waals surface area (Å²) in [6.45, 7) is 6.07. The van der Waals surface area contributed by atoms with E-state index in [1.54, 1.807) is 4.68 Å². The van der Waals surface area contributed by atoms with Crippen LogP contribution in [0.5, 0.6) is 0 Å². The molecule has 1 N–H and O–H groups in total. The van der Waals surface area contributed by atoms with Crippen molar-refractivity contribution in [1.29, 1.82) is 0 Å². The summed E-state index contributed by atoms with van der Waals surface area (Å²) in [5, 5.41) is 8.54. The largest absolute Gasteiger partial charge is 0.349 e. The Morgan fingerprint density at radius 1 is 1.21 bits per heavy atom. The second kappa shape index (κ2) is 5.84. The van der Waals surface area contributed by atoms with Crippen LogP contribution in [0.2, 0.25) is 0 Å². The summed E-state index contributed by atoms with van der Waals surface area (Å²) < 4.78 is 1.75. The predicted octanol–water partition coefficient (Wildman–Crippen LogP) is 1.94. The van der Waals surface area contributed by atoms with Crippen molar-refractivity contribution >= 4 is 16.9 Å². The Kier molecular flexibility index (Phi) is 3.79. The second-order valence-electron chi connectivity index (χ2n) is 7.23. The van der Waals surface area contributed by atoms with Gasteiger partial charge in [0, 0.05) is 37.9 Å². The van der Waals surface area contributed by atoms with Crippen LogP contribution in [0.25, 0.3) is 11.0 Å². The molecule has 0 spiro atoms. The molecule has 1 saturated carbocycles. The number of rotatable bonds is 3. The van der Waals surface area contributed by atoms with Gasteiger partial charge in [-0.05, 0) is 45.6 Å². The van der Waals surface area contributed by atoms with Gasteiger partial charge in [0.15, 0.2) is 5.65 Å². The molecule has 0 radical (unpaired) electrons. The lowest BCUT2D eigenvalue weighted by Crippen LogP contribution is -2.45. The number of aromatic nitrogens is 3. The van der Waals surface area contributed by atoms with E-state index >= 15 is 0 Å². The fourth-order valence-electron chi connectivity index (χ4n) is 3.86. The molecule has 2 aromatic heterocycles. The molecule has 1 amide bonds. The normalized spacial score (nSPS) is 19.8. The Balaban J connectivity index is 1.53. The molecular weight excluding hydrogens is 302 g/mol. The van der Waals surface area contributed by atoms with Crippen molar-refractivity contribution < 1.29 is 4.79 Å². The lowest BCUT2D eigenvalue weighted by Gasteiger charge is -2.32. The maximum Gasteiger partial charge on any atom is 0.252 e. The minimum Gasteiger partial charge on any atom is -0.349 e. The fourth-order valence-corrected chi connectivity index (χ4v) is 3.86. The Morgan fingerprint density at radius 2 is 1.92 bits per heavy atom. The average Bonchev–Trinajstić information content (AvgIpc) is 3.35. The van der Waals surface area contributed by atoms with Gasteiger partial charge in [-0.2, -0.15) is 5.10 Å². The highest BCUT2D eigenvalue weighted by molar-refractivity contribution is 6.06. The summed E-state index contributed by atoms with van der Waals surface area (Å²) in [4.78, 5) is 20.0. The summed E-state index contributed by atoms with van der Waals surface area (Å²) in [6.07, 6.45) is 4.79. The zero-order chi connectivity index (χ0) is 16.8. The zero-order valence-corrected chi connectivity index (χ0v) is 14.7. The highest BCUT2D eigenvalue weighted by Crippen LogP contribution is 2.29. The molecule has 6 heteroatoms. The molecule has 24 heavy (non-hydrogen) atoms. The number of carbonyl (C=O) groups excluding carboxylic acids is 1. The molecule has 2 fully saturated rings. The van der Waals surface area contributed by atoms with Crippen LogP contribution in [0.15, 0.2) is 6.07 Å². The minimum absolute atomic E-state index is 0.00599. The van der Waals surface area contributed by atoms with Gasteiger partial charge in [0.2, 0.25) is 0 Å². The van der Waals surface area contributed by atoms with Gasteiger partial charge in [0.25, 0.3) is 5.91 Å². The molecule has 0 aromatic carbocycles. The smallest absolute Gasteiger partial charge is 0.252 e. The molecule has 1 aliphatic heterocycles. The van der Waals surface area contributed by atoms with Crippen LogP contribution in [0, 0.1) is 13.8 Å². The summed E-state index contributed by atoms with van der Waals surface area (Å²) in [6, 6.07) is 2.97. The monoisotopic (exact) mass is 327 g/mol. The minimum atomic E-state index is 0.00599. The highest BCUT2D eigenvalue weighted by Gasteiger charge is 2.32. The van der Waals surface area contributed by atoms with Crippen molar-refractivity contribution in [3.8, 4) is 0 Å². The second-order valence-corrected chi connectivity index (χ2v) is 7.23. The Hall–Kier alpha value is -1.95. The Morgan fingerprint density at radius 3 is 2.58 bits per heavy atom. The van der Waals surface area contributed by atoms with E-state index < -0.39 is 0 Å². The number of nitrogens with zero attached hydrogens (tertiary/aromatic N) is 4. The third-order valence-corrected chi connectivity index (χ3v) is 5.27. The number of nitrogens with one attached hydrogen (secondary N) is 1. The van der Waals surface area contributed by atoms with E-state index in [4.69, 9.17) is 0 Å². The van der Waals surface area contributed by atoms with Crippen LogP contribution in [-0.2, 0) is 7.05 Å². The SMILES string of the molecule is Cc1cc(C(=O)NC2CCN(C3CC3)CC2)c2c(C)nn(C)c2n1. The first-order chi connectivity index (χ1) is 11.5. The lowest BCUT2D eigenvalue weighted by molar-refractivity contribution is 0.0910. The molecule has 0 atom stereocenters. The van der Waals surface area contributed by atoms with E-state index in [1.165, 1.54) is 12.8 Å². The highest BCUT2D eigenvalue weighted by atomic mass is 16.1. The fraction of sp³-hybridized carbons (Fsp3) is 0.611. The van der Waals surface area contributed by atoms with Crippen molar-refractivity contribution in [2.75, 3.05) is 13.1 Å². The maximum atomic E-state index is 12.9. The third kappa shape index (κ3) is 2.79. The molecule has 0 bridgehead atoms. The standard InChI is InChI=1S/C18H25N5O/c1-11-10-15(16-12(2)21-22(3)17(16)19-11)18(24)20-13-6-8-23(9-7-13)14-4-5-14/h10,13-14H,4-9H2,1-3H3,(H,20,24). The van der Waals surface area contributed by atoms with Crippen LogP contribution in [0.1, 0.15) is 47.4 Å². The predicted molar refractivity (Wildman–Crippen MR) is 93.1 cm³/mol. The van der Waals surface area contributed by atoms with Crippen molar-refractivity contribution in [3.63, 3.8) is 0 Å². The van der Waals surface area contributed by atoms with Gasteiger partial charge in [-0.25, -0.2) is 4.98 Å². The first-order valence-corrected chi connectivity index (χ1v) is 8.89. The molecule has 6 nitrogen and oxygen atoms in total. The van der Waals surface area contributed by atoms with E-state index in [9.17, 15) is 4.79 Å². The third-order valence-electron chi connectivity index (χ3n) is 5.27. The first kappa shape index (κ1) is 15.6. The number of fused-ring (bicyclic) bond motifs is 1. The molecule has 2 aliphatic rings. The van der Waals surface area contributed by atoms with Crippen LogP contribution in [0.4, 0.5) is 0 Å². The number of hydrogen-bond donors (Lipinski definition) is 1. The van der Waals surface area contributed by atoms with Gasteiger partial charge in [-0.15, -0.1) is 0 Å². The molecule has 1 aliphatic carbocycles. The average molecular weight is 327 g/mol. The quantitative estimate of drug-likeness (QED) is 0.936. The topological polar surface area (TPSA) is 63.1 Å². The molecule has 4 rings (SSSR count).